The zero-order valence-electron chi connectivity index (χ0n) is 19.2. The van der Waals surface area contributed by atoms with E-state index in [2.05, 4.69) is 80.4 Å². The summed E-state index contributed by atoms with van der Waals surface area (Å²) in [4.78, 5) is 14.9. The molecule has 1 atom stereocenters. The van der Waals surface area contributed by atoms with Gasteiger partial charge in [-0.05, 0) is 48.7 Å². The smallest absolute Gasteiger partial charge is 0.223 e. The van der Waals surface area contributed by atoms with E-state index in [1.54, 1.807) is 0 Å². The molecule has 0 aromatic heterocycles. The number of benzene rings is 2. The van der Waals surface area contributed by atoms with Gasteiger partial charge in [-0.2, -0.15) is 0 Å². The number of anilines is 1. The number of fused-ring (bicyclic) bond motifs is 3. The molecule has 1 unspecified atom stereocenters. The number of carbonyl (C=O) groups is 1. The Morgan fingerprint density at radius 2 is 2.00 bits per heavy atom. The summed E-state index contributed by atoms with van der Waals surface area (Å²) >= 11 is 0. The molecule has 2 aliphatic rings. The van der Waals surface area contributed by atoms with Crippen LogP contribution in [0.2, 0.25) is 0 Å². The molecule has 0 aliphatic carbocycles. The number of nitrogens with zero attached hydrogens (tertiary/aromatic N) is 1. The van der Waals surface area contributed by atoms with Crippen molar-refractivity contribution in [2.75, 3.05) is 18.1 Å². The fourth-order valence-electron chi connectivity index (χ4n) is 4.93. The molecule has 4 nitrogen and oxygen atoms in total. The highest BCUT2D eigenvalue weighted by Crippen LogP contribution is 2.52. The lowest BCUT2D eigenvalue weighted by atomic mass is 9.74. The van der Waals surface area contributed by atoms with Gasteiger partial charge in [0.2, 0.25) is 5.91 Å². The number of nitrogens with one attached hydrogen (secondary N) is 1. The second-order valence-corrected chi connectivity index (χ2v) is 9.32. The third-order valence-electron chi connectivity index (χ3n) is 6.78. The topological polar surface area (TPSA) is 41.6 Å². The van der Waals surface area contributed by atoms with Crippen LogP contribution < -0.4 is 15.0 Å². The molecular weight excluding hydrogens is 384 g/mol. The van der Waals surface area contributed by atoms with Crippen molar-refractivity contribution in [2.45, 2.75) is 64.5 Å². The minimum Gasteiger partial charge on any atom is -0.494 e. The molecule has 0 radical (unpaired) electrons. The molecule has 1 saturated heterocycles. The number of carbonyl (C=O) groups excluding carboxylic acids is 1. The number of aryl methyl sites for hydroxylation is 1. The van der Waals surface area contributed by atoms with Crippen molar-refractivity contribution < 1.29 is 9.53 Å². The van der Waals surface area contributed by atoms with Crippen molar-refractivity contribution in [2.24, 2.45) is 0 Å². The van der Waals surface area contributed by atoms with Gasteiger partial charge in [-0.1, -0.05) is 69.5 Å². The maximum atomic E-state index is 12.6. The molecule has 2 aromatic carbocycles. The first kappa shape index (κ1) is 21.5. The number of amides is 1. The fraction of sp³-hybridized carbons (Fsp3) is 0.444. The average molecular weight is 419 g/mol. The third kappa shape index (κ3) is 3.84. The summed E-state index contributed by atoms with van der Waals surface area (Å²) in [6.07, 6.45) is 8.26. The minimum atomic E-state index is -0.587. The van der Waals surface area contributed by atoms with Crippen LogP contribution in [0.3, 0.4) is 0 Å². The molecule has 4 heteroatoms. The summed E-state index contributed by atoms with van der Waals surface area (Å²) in [6.45, 7) is 10.2. The van der Waals surface area contributed by atoms with Gasteiger partial charge in [-0.15, -0.1) is 0 Å². The average Bonchev–Trinajstić information content (AvgIpc) is 2.93. The molecule has 4 rings (SSSR count). The van der Waals surface area contributed by atoms with Crippen molar-refractivity contribution >= 4 is 17.7 Å². The van der Waals surface area contributed by atoms with Gasteiger partial charge in [-0.3, -0.25) is 4.79 Å². The lowest BCUT2D eigenvalue weighted by Crippen LogP contribution is -2.68. The number of unbranched alkanes of at least 4 members (excludes halogenated alkanes) is 2. The summed E-state index contributed by atoms with van der Waals surface area (Å²) < 4.78 is 5.93. The van der Waals surface area contributed by atoms with Crippen LogP contribution in [-0.2, 0) is 10.2 Å². The lowest BCUT2D eigenvalue weighted by molar-refractivity contribution is -0.124. The lowest BCUT2D eigenvalue weighted by Gasteiger charge is -2.49. The zero-order chi connectivity index (χ0) is 22.1. The monoisotopic (exact) mass is 418 g/mol. The SMILES string of the molecule is CCCCCOc1cccc(C=CC23NC(=O)CCN2c2ccc(C)cc2C3(C)C)c1. The van der Waals surface area contributed by atoms with Crippen LogP contribution in [0.1, 0.15) is 63.1 Å². The van der Waals surface area contributed by atoms with E-state index in [0.29, 0.717) is 6.42 Å². The number of rotatable bonds is 7. The maximum Gasteiger partial charge on any atom is 0.223 e. The predicted molar refractivity (Wildman–Crippen MR) is 128 cm³/mol. The molecule has 164 valence electrons. The van der Waals surface area contributed by atoms with E-state index < -0.39 is 5.66 Å². The van der Waals surface area contributed by atoms with Gasteiger partial charge in [0.25, 0.3) is 0 Å². The van der Waals surface area contributed by atoms with Crippen LogP contribution in [0.5, 0.6) is 5.75 Å². The van der Waals surface area contributed by atoms with E-state index in [4.69, 9.17) is 4.74 Å². The van der Waals surface area contributed by atoms with E-state index >= 15 is 0 Å². The highest BCUT2D eigenvalue weighted by molar-refractivity contribution is 5.84. The minimum absolute atomic E-state index is 0.103. The summed E-state index contributed by atoms with van der Waals surface area (Å²) in [5.41, 5.74) is 3.96. The van der Waals surface area contributed by atoms with Gasteiger partial charge < -0.3 is 15.0 Å². The van der Waals surface area contributed by atoms with Crippen molar-refractivity contribution in [3.05, 3.63) is 65.2 Å². The second-order valence-electron chi connectivity index (χ2n) is 9.32. The van der Waals surface area contributed by atoms with Gasteiger partial charge in [-0.25, -0.2) is 0 Å². The first-order valence-corrected chi connectivity index (χ1v) is 11.5. The molecule has 0 saturated carbocycles. The van der Waals surface area contributed by atoms with Crippen molar-refractivity contribution in [3.63, 3.8) is 0 Å². The van der Waals surface area contributed by atoms with E-state index in [9.17, 15) is 4.79 Å². The molecule has 2 aromatic rings. The third-order valence-corrected chi connectivity index (χ3v) is 6.78. The molecule has 1 fully saturated rings. The molecule has 2 aliphatic heterocycles. The van der Waals surface area contributed by atoms with E-state index in [1.165, 1.54) is 29.7 Å². The first-order chi connectivity index (χ1) is 14.9. The molecule has 1 amide bonds. The van der Waals surface area contributed by atoms with Crippen molar-refractivity contribution in [3.8, 4) is 5.75 Å². The van der Waals surface area contributed by atoms with Gasteiger partial charge in [0.05, 0.1) is 6.61 Å². The summed E-state index contributed by atoms with van der Waals surface area (Å²) in [7, 11) is 0. The normalized spacial score (nSPS) is 21.7. The zero-order valence-corrected chi connectivity index (χ0v) is 19.2. The van der Waals surface area contributed by atoms with E-state index in [-0.39, 0.29) is 11.3 Å². The molecule has 31 heavy (non-hydrogen) atoms. The van der Waals surface area contributed by atoms with E-state index in [1.807, 2.05) is 12.1 Å². The highest BCUT2D eigenvalue weighted by Gasteiger charge is 2.57. The van der Waals surface area contributed by atoms with Gasteiger partial charge in [0.1, 0.15) is 11.4 Å². The second kappa shape index (κ2) is 8.41. The summed E-state index contributed by atoms with van der Waals surface area (Å²) in [5, 5.41) is 3.35. The van der Waals surface area contributed by atoms with Crippen LogP contribution in [-0.4, -0.2) is 24.7 Å². The molecule has 1 N–H and O–H groups in total. The van der Waals surface area contributed by atoms with Gasteiger partial charge in [0, 0.05) is 24.1 Å². The van der Waals surface area contributed by atoms with Gasteiger partial charge in [0.15, 0.2) is 0 Å². The van der Waals surface area contributed by atoms with Gasteiger partial charge >= 0.3 is 0 Å². The Morgan fingerprint density at radius 3 is 2.81 bits per heavy atom. The molecule has 2 heterocycles. The standard InChI is InChI=1S/C27H34N2O2/c1-5-6-7-17-31-22-10-8-9-21(19-22)13-15-27-26(3,4)23-18-20(2)11-12-24(23)29(27)16-14-25(30)28-27/h8-13,15,18-19H,5-7,14,16-17H2,1-4H3,(H,28,30). The predicted octanol–water partition coefficient (Wildman–Crippen LogP) is 5.59. The molecule has 0 spiro atoms. The maximum absolute atomic E-state index is 12.6. The quantitative estimate of drug-likeness (QED) is 0.596. The Labute approximate surface area is 186 Å². The van der Waals surface area contributed by atoms with Crippen LogP contribution in [0.4, 0.5) is 5.69 Å². The Kier molecular flexibility index (Phi) is 5.83. The van der Waals surface area contributed by atoms with Crippen LogP contribution in [0.15, 0.2) is 48.5 Å². The molecular formula is C27H34N2O2. The Morgan fingerprint density at radius 1 is 1.16 bits per heavy atom. The van der Waals surface area contributed by atoms with Crippen molar-refractivity contribution in [1.29, 1.82) is 0 Å². The van der Waals surface area contributed by atoms with E-state index in [0.717, 1.165) is 30.9 Å². The highest BCUT2D eigenvalue weighted by atomic mass is 16.5. The Balaban J connectivity index is 1.65. The Bertz CT molecular complexity index is 994. The number of hydrogen-bond acceptors (Lipinski definition) is 3. The van der Waals surface area contributed by atoms with Crippen LogP contribution >= 0.6 is 0 Å². The molecule has 0 bridgehead atoms. The van der Waals surface area contributed by atoms with Crippen LogP contribution in [0.25, 0.3) is 6.08 Å². The summed E-state index contributed by atoms with van der Waals surface area (Å²) in [5.74, 6) is 0.997. The first-order valence-electron chi connectivity index (χ1n) is 11.5. The largest absolute Gasteiger partial charge is 0.494 e. The Hall–Kier alpha value is -2.75. The van der Waals surface area contributed by atoms with Crippen molar-refractivity contribution in [1.82, 2.24) is 5.32 Å². The fourth-order valence-corrected chi connectivity index (χ4v) is 4.93. The van der Waals surface area contributed by atoms with Crippen LogP contribution in [0, 0.1) is 6.92 Å². The summed E-state index contributed by atoms with van der Waals surface area (Å²) in [6, 6.07) is 14.8. The number of hydrogen-bond donors (Lipinski definition) is 1. The number of ether oxygens (including phenoxy) is 1.